The number of rotatable bonds is 10. The Labute approximate surface area is 221 Å². The number of carbonyl (C=O) groups is 3. The number of aromatic nitrogens is 1. The highest BCUT2D eigenvalue weighted by Crippen LogP contribution is 2.35. The number of benzene rings is 3. The zero-order valence-corrected chi connectivity index (χ0v) is 20.6. The highest BCUT2D eigenvalue weighted by Gasteiger charge is 2.21. The summed E-state index contributed by atoms with van der Waals surface area (Å²) in [5.41, 5.74) is 3.52. The van der Waals surface area contributed by atoms with Crippen LogP contribution in [0.2, 0.25) is 0 Å². The molecule has 1 atom stereocenters. The molecule has 39 heavy (non-hydrogen) atoms. The van der Waals surface area contributed by atoms with Crippen LogP contribution in [0.5, 0.6) is 0 Å². The van der Waals surface area contributed by atoms with E-state index < -0.39 is 30.0 Å². The fourth-order valence-electron chi connectivity index (χ4n) is 4.35. The van der Waals surface area contributed by atoms with Gasteiger partial charge in [0.15, 0.2) is 0 Å². The van der Waals surface area contributed by atoms with E-state index in [1.54, 1.807) is 30.3 Å². The van der Waals surface area contributed by atoms with Gasteiger partial charge in [0.05, 0.1) is 0 Å². The Morgan fingerprint density at radius 2 is 1.41 bits per heavy atom. The lowest BCUT2D eigenvalue weighted by Crippen LogP contribution is -2.43. The van der Waals surface area contributed by atoms with Crippen LogP contribution in [-0.4, -0.2) is 52.4 Å². The molecule has 11 heteroatoms. The second kappa shape index (κ2) is 12.1. The minimum Gasteiger partial charge on any atom is -0.465 e. The van der Waals surface area contributed by atoms with Crippen LogP contribution < -0.4 is 16.0 Å². The lowest BCUT2D eigenvalue weighted by atomic mass is 9.98. The zero-order chi connectivity index (χ0) is 27.9. The van der Waals surface area contributed by atoms with Crippen LogP contribution in [-0.2, 0) is 0 Å². The summed E-state index contributed by atoms with van der Waals surface area (Å²) in [6, 6.07) is 16.5. The molecule has 3 aromatic carbocycles. The van der Waals surface area contributed by atoms with Crippen molar-refractivity contribution in [3.05, 3.63) is 84.1 Å². The summed E-state index contributed by atoms with van der Waals surface area (Å²) in [6.45, 7) is 0.0887. The Hall–Kier alpha value is -4.93. The molecule has 0 aliphatic carbocycles. The number of carbonyl (C=O) groups excluding carboxylic acids is 1. The average molecular weight is 537 g/mol. The van der Waals surface area contributed by atoms with E-state index in [9.17, 15) is 23.2 Å². The van der Waals surface area contributed by atoms with Gasteiger partial charge in [-0.15, -0.1) is 0 Å². The molecular weight excluding hydrogens is 510 g/mol. The van der Waals surface area contributed by atoms with Gasteiger partial charge in [-0.1, -0.05) is 30.3 Å². The topological polar surface area (TPSA) is 144 Å². The number of H-pyrrole nitrogens is 1. The zero-order valence-electron chi connectivity index (χ0n) is 20.6. The fraction of sp³-hybridized carbons (Fsp3) is 0.179. The van der Waals surface area contributed by atoms with E-state index in [4.69, 9.17) is 10.2 Å². The normalized spacial score (nSPS) is 11.6. The summed E-state index contributed by atoms with van der Waals surface area (Å²) in [4.78, 5) is 38.3. The van der Waals surface area contributed by atoms with Crippen LogP contribution in [0.25, 0.3) is 33.2 Å². The van der Waals surface area contributed by atoms with Crippen molar-refractivity contribution in [1.82, 2.24) is 20.9 Å². The van der Waals surface area contributed by atoms with E-state index >= 15 is 0 Å². The first-order chi connectivity index (χ1) is 18.7. The number of aromatic amines is 1. The van der Waals surface area contributed by atoms with Gasteiger partial charge in [0.2, 0.25) is 0 Å². The van der Waals surface area contributed by atoms with Crippen molar-refractivity contribution in [2.24, 2.45) is 0 Å². The summed E-state index contributed by atoms with van der Waals surface area (Å²) in [5.74, 6) is -1.30. The average Bonchev–Trinajstić information content (AvgIpc) is 3.29. The van der Waals surface area contributed by atoms with Crippen LogP contribution in [0.15, 0.2) is 66.7 Å². The molecule has 6 N–H and O–H groups in total. The first kappa shape index (κ1) is 27.1. The van der Waals surface area contributed by atoms with Gasteiger partial charge < -0.3 is 31.1 Å². The predicted molar refractivity (Wildman–Crippen MR) is 142 cm³/mol. The SMILES string of the molecule is O=C(O)NCCC[C@@H](CNC(=O)c1[nH]c2ccc(-c3ccc(F)cc3)cc2c1-c1ccc(F)cc1)NC(=O)O. The highest BCUT2D eigenvalue weighted by atomic mass is 19.1. The van der Waals surface area contributed by atoms with Crippen LogP contribution in [0.1, 0.15) is 23.3 Å². The molecule has 0 unspecified atom stereocenters. The maximum Gasteiger partial charge on any atom is 0.404 e. The van der Waals surface area contributed by atoms with Gasteiger partial charge in [0.25, 0.3) is 5.91 Å². The third-order valence-corrected chi connectivity index (χ3v) is 6.18. The molecule has 4 aromatic rings. The standard InChI is InChI=1S/C28H26F2N4O5/c29-19-8-3-16(4-9-19)18-7-12-23-22(14-18)24(17-5-10-20(30)11-6-17)25(34-23)26(35)32-15-21(33-28(38)39)2-1-13-31-27(36)37/h3-12,14,21,31,33-34H,1-2,13,15H2,(H,32,35)(H,36,37)(H,38,39)/t21-/m0/s1. The molecule has 0 aliphatic rings. The second-order valence-electron chi connectivity index (χ2n) is 8.88. The summed E-state index contributed by atoms with van der Waals surface area (Å²) < 4.78 is 27.1. The van der Waals surface area contributed by atoms with E-state index in [-0.39, 0.29) is 31.0 Å². The van der Waals surface area contributed by atoms with Crippen LogP contribution in [0.4, 0.5) is 18.4 Å². The molecule has 202 valence electrons. The highest BCUT2D eigenvalue weighted by molar-refractivity contribution is 6.10. The number of carboxylic acid groups (broad SMARTS) is 2. The van der Waals surface area contributed by atoms with Gasteiger partial charge in [-0.3, -0.25) is 4.79 Å². The van der Waals surface area contributed by atoms with Gasteiger partial charge in [-0.05, 0) is 65.9 Å². The van der Waals surface area contributed by atoms with E-state index in [2.05, 4.69) is 20.9 Å². The first-order valence-electron chi connectivity index (χ1n) is 12.1. The Bertz CT molecular complexity index is 1490. The summed E-state index contributed by atoms with van der Waals surface area (Å²) >= 11 is 0. The number of hydrogen-bond donors (Lipinski definition) is 6. The molecule has 0 aliphatic heterocycles. The number of hydrogen-bond acceptors (Lipinski definition) is 3. The van der Waals surface area contributed by atoms with Crippen molar-refractivity contribution in [1.29, 1.82) is 0 Å². The summed E-state index contributed by atoms with van der Waals surface area (Å²) in [5, 5.41) is 25.8. The molecular formula is C28H26F2N4O5. The molecule has 9 nitrogen and oxygen atoms in total. The van der Waals surface area contributed by atoms with E-state index in [0.29, 0.717) is 28.5 Å². The molecule has 0 spiro atoms. The predicted octanol–water partition coefficient (Wildman–Crippen LogP) is 5.19. The minimum atomic E-state index is -1.27. The smallest absolute Gasteiger partial charge is 0.404 e. The number of halogens is 2. The lowest BCUT2D eigenvalue weighted by molar-refractivity contribution is 0.0944. The van der Waals surface area contributed by atoms with Gasteiger partial charge >= 0.3 is 12.2 Å². The maximum absolute atomic E-state index is 13.7. The molecule has 0 bridgehead atoms. The lowest BCUT2D eigenvalue weighted by Gasteiger charge is -2.17. The van der Waals surface area contributed by atoms with Crippen molar-refractivity contribution in [2.45, 2.75) is 18.9 Å². The quantitative estimate of drug-likeness (QED) is 0.155. The Morgan fingerprint density at radius 1 is 0.795 bits per heavy atom. The maximum atomic E-state index is 13.7. The molecule has 0 saturated carbocycles. The van der Waals surface area contributed by atoms with E-state index in [1.165, 1.54) is 24.3 Å². The Morgan fingerprint density at radius 3 is 2.03 bits per heavy atom. The number of amides is 3. The molecule has 0 saturated heterocycles. The van der Waals surface area contributed by atoms with Crippen molar-refractivity contribution in [2.75, 3.05) is 13.1 Å². The number of fused-ring (bicyclic) bond motifs is 1. The third kappa shape index (κ3) is 6.89. The summed E-state index contributed by atoms with van der Waals surface area (Å²) in [6.07, 6.45) is -1.81. The van der Waals surface area contributed by atoms with Crippen molar-refractivity contribution in [3.8, 4) is 22.3 Å². The molecule has 1 heterocycles. The van der Waals surface area contributed by atoms with Crippen molar-refractivity contribution < 1.29 is 33.4 Å². The Balaban J connectivity index is 1.64. The molecule has 4 rings (SSSR count). The summed E-state index contributed by atoms with van der Waals surface area (Å²) in [7, 11) is 0. The van der Waals surface area contributed by atoms with Crippen LogP contribution >= 0.6 is 0 Å². The molecule has 3 amide bonds. The van der Waals surface area contributed by atoms with E-state index in [0.717, 1.165) is 11.1 Å². The van der Waals surface area contributed by atoms with Gasteiger partial charge in [0, 0.05) is 35.6 Å². The second-order valence-corrected chi connectivity index (χ2v) is 8.88. The molecule has 0 fully saturated rings. The first-order valence-corrected chi connectivity index (χ1v) is 12.1. The van der Waals surface area contributed by atoms with Crippen molar-refractivity contribution >= 4 is 29.0 Å². The molecule has 1 aromatic heterocycles. The fourth-order valence-corrected chi connectivity index (χ4v) is 4.35. The van der Waals surface area contributed by atoms with Crippen LogP contribution in [0, 0.1) is 11.6 Å². The monoisotopic (exact) mass is 536 g/mol. The Kier molecular flexibility index (Phi) is 8.40. The minimum absolute atomic E-state index is 0.0444. The van der Waals surface area contributed by atoms with Gasteiger partial charge in [-0.2, -0.15) is 0 Å². The molecule has 0 radical (unpaired) electrons. The van der Waals surface area contributed by atoms with Gasteiger partial charge in [-0.25, -0.2) is 18.4 Å². The number of nitrogens with one attached hydrogen (secondary N) is 4. The van der Waals surface area contributed by atoms with E-state index in [1.807, 2.05) is 12.1 Å². The largest absolute Gasteiger partial charge is 0.465 e. The van der Waals surface area contributed by atoms with Crippen molar-refractivity contribution in [3.63, 3.8) is 0 Å². The third-order valence-electron chi connectivity index (χ3n) is 6.18. The van der Waals surface area contributed by atoms with Gasteiger partial charge in [0.1, 0.15) is 17.3 Å². The van der Waals surface area contributed by atoms with Crippen LogP contribution in [0.3, 0.4) is 0 Å².